The number of carbonyl (C=O) groups excluding carboxylic acids is 2. The average Bonchev–Trinajstić information content (AvgIpc) is 3.16. The Balaban J connectivity index is 1.98. The molecule has 0 unspecified atom stereocenters. The van der Waals surface area contributed by atoms with Crippen LogP contribution in [0.2, 0.25) is 0 Å². The number of anilines is 1. The molecule has 2 heterocycles. The van der Waals surface area contributed by atoms with Crippen LogP contribution in [0.3, 0.4) is 0 Å². The molecule has 0 saturated carbocycles. The molecule has 1 aromatic carbocycles. The molecule has 2 aromatic rings. The van der Waals surface area contributed by atoms with E-state index in [0.29, 0.717) is 23.6 Å². The minimum atomic E-state index is -0.544. The van der Waals surface area contributed by atoms with Crippen molar-refractivity contribution in [2.24, 2.45) is 5.73 Å². The third kappa shape index (κ3) is 3.20. The van der Waals surface area contributed by atoms with Gasteiger partial charge in [-0.1, -0.05) is 29.8 Å². The smallest absolute Gasteiger partial charge is 0.254 e. The van der Waals surface area contributed by atoms with Gasteiger partial charge in [0.05, 0.1) is 5.56 Å². The van der Waals surface area contributed by atoms with E-state index >= 15 is 0 Å². The summed E-state index contributed by atoms with van der Waals surface area (Å²) in [6, 6.07) is 7.90. The zero-order valence-corrected chi connectivity index (χ0v) is 14.5. The Morgan fingerprint density at radius 2 is 1.96 bits per heavy atom. The van der Waals surface area contributed by atoms with Crippen LogP contribution in [0.15, 0.2) is 24.3 Å². The maximum absolute atomic E-state index is 12.3. The van der Waals surface area contributed by atoms with E-state index in [-0.39, 0.29) is 5.91 Å². The Kier molecular flexibility index (Phi) is 4.69. The summed E-state index contributed by atoms with van der Waals surface area (Å²) in [6.07, 6.45) is 1.13. The molecule has 1 aliphatic heterocycles. The molecule has 2 amide bonds. The molecule has 126 valence electrons. The van der Waals surface area contributed by atoms with E-state index in [4.69, 9.17) is 10.5 Å². The van der Waals surface area contributed by atoms with Gasteiger partial charge < -0.3 is 15.8 Å². The lowest BCUT2D eigenvalue weighted by molar-refractivity contribution is -0.124. The number of aryl methyl sites for hydroxylation is 2. The Hall–Kier alpha value is -2.18. The third-order valence-corrected chi connectivity index (χ3v) is 5.15. The number of thiophene rings is 1. The third-order valence-electron chi connectivity index (χ3n) is 4.13. The molecule has 3 N–H and O–H groups in total. The minimum absolute atomic E-state index is 0.216. The van der Waals surface area contributed by atoms with Gasteiger partial charge in [0.25, 0.3) is 11.8 Å². The van der Waals surface area contributed by atoms with Crippen molar-refractivity contribution in [2.45, 2.75) is 32.8 Å². The van der Waals surface area contributed by atoms with Gasteiger partial charge in [-0.15, -0.1) is 11.3 Å². The highest BCUT2D eigenvalue weighted by Gasteiger charge is 2.27. The summed E-state index contributed by atoms with van der Waals surface area (Å²) in [7, 11) is 0. The Morgan fingerprint density at radius 3 is 2.54 bits per heavy atom. The van der Waals surface area contributed by atoms with Crippen LogP contribution in [0.1, 0.15) is 33.6 Å². The number of nitrogens with one attached hydrogen (secondary N) is 1. The van der Waals surface area contributed by atoms with Crippen molar-refractivity contribution < 1.29 is 14.3 Å². The molecule has 3 rings (SSSR count). The molecule has 1 aliphatic rings. The number of nitrogens with two attached hydrogens (primary N) is 1. The molecule has 0 radical (unpaired) electrons. The van der Waals surface area contributed by atoms with Crippen LogP contribution in [0.25, 0.3) is 11.1 Å². The zero-order valence-electron chi connectivity index (χ0n) is 13.7. The van der Waals surface area contributed by atoms with Gasteiger partial charge in [-0.25, -0.2) is 0 Å². The fourth-order valence-corrected chi connectivity index (χ4v) is 4.00. The molecule has 1 atom stereocenters. The summed E-state index contributed by atoms with van der Waals surface area (Å²) < 4.78 is 5.40. The molecule has 1 saturated heterocycles. The Morgan fingerprint density at radius 1 is 1.25 bits per heavy atom. The first-order valence-electron chi connectivity index (χ1n) is 7.90. The number of hydrogen-bond acceptors (Lipinski definition) is 4. The van der Waals surface area contributed by atoms with E-state index in [1.54, 1.807) is 0 Å². The van der Waals surface area contributed by atoms with E-state index in [1.165, 1.54) is 11.3 Å². The van der Waals surface area contributed by atoms with Crippen LogP contribution in [0.5, 0.6) is 0 Å². The standard InChI is InChI=1S/C18H20N2O3S/c1-10-5-7-12(8-6-10)14-11(2)24-18(15(14)16(19)21)20-17(22)13-4-3-9-23-13/h5-8,13H,3-4,9H2,1-2H3,(H2,19,21)(H,20,22)/t13-/m1/s1. The number of ether oxygens (including phenoxy) is 1. The van der Waals surface area contributed by atoms with Gasteiger partial charge in [-0.2, -0.15) is 0 Å². The second-order valence-electron chi connectivity index (χ2n) is 5.96. The van der Waals surface area contributed by atoms with Crippen molar-refractivity contribution in [3.05, 3.63) is 40.3 Å². The molecular formula is C18H20N2O3S. The van der Waals surface area contributed by atoms with Gasteiger partial charge in [0, 0.05) is 17.0 Å². The number of primary amides is 1. The largest absolute Gasteiger partial charge is 0.368 e. The second kappa shape index (κ2) is 6.75. The number of carbonyl (C=O) groups is 2. The summed E-state index contributed by atoms with van der Waals surface area (Å²) in [5, 5.41) is 3.33. The van der Waals surface area contributed by atoms with Crippen molar-refractivity contribution in [3.63, 3.8) is 0 Å². The lowest BCUT2D eigenvalue weighted by atomic mass is 10.00. The first-order valence-corrected chi connectivity index (χ1v) is 8.71. The Bertz CT molecular complexity index is 774. The van der Waals surface area contributed by atoms with Gasteiger partial charge in [0.15, 0.2) is 0 Å². The predicted octanol–water partition coefficient (Wildman–Crippen LogP) is 3.25. The van der Waals surface area contributed by atoms with Gasteiger partial charge in [-0.3, -0.25) is 9.59 Å². The van der Waals surface area contributed by atoms with E-state index in [9.17, 15) is 9.59 Å². The maximum Gasteiger partial charge on any atom is 0.254 e. The highest BCUT2D eigenvalue weighted by molar-refractivity contribution is 7.17. The molecule has 1 aromatic heterocycles. The van der Waals surface area contributed by atoms with Gasteiger partial charge in [0.2, 0.25) is 0 Å². The molecule has 24 heavy (non-hydrogen) atoms. The predicted molar refractivity (Wildman–Crippen MR) is 95.4 cm³/mol. The van der Waals surface area contributed by atoms with Crippen LogP contribution >= 0.6 is 11.3 Å². The fraction of sp³-hybridized carbons (Fsp3) is 0.333. The summed E-state index contributed by atoms with van der Waals surface area (Å²) in [5.41, 5.74) is 8.82. The van der Waals surface area contributed by atoms with Crippen LogP contribution in [-0.4, -0.2) is 24.5 Å². The highest BCUT2D eigenvalue weighted by atomic mass is 32.1. The molecule has 6 heteroatoms. The van der Waals surface area contributed by atoms with Gasteiger partial charge in [0.1, 0.15) is 11.1 Å². The van der Waals surface area contributed by atoms with Crippen LogP contribution in [0.4, 0.5) is 5.00 Å². The number of benzene rings is 1. The van der Waals surface area contributed by atoms with E-state index in [1.807, 2.05) is 38.1 Å². The molecule has 0 spiro atoms. The highest BCUT2D eigenvalue weighted by Crippen LogP contribution is 2.40. The number of rotatable bonds is 4. The number of amides is 2. The van der Waals surface area contributed by atoms with Crippen LogP contribution < -0.4 is 11.1 Å². The molecule has 5 nitrogen and oxygen atoms in total. The minimum Gasteiger partial charge on any atom is -0.368 e. The van der Waals surface area contributed by atoms with E-state index in [0.717, 1.165) is 28.0 Å². The molecule has 0 bridgehead atoms. The average molecular weight is 344 g/mol. The SMILES string of the molecule is Cc1ccc(-c2c(C)sc(NC(=O)[C@H]3CCCO3)c2C(N)=O)cc1. The summed E-state index contributed by atoms with van der Waals surface area (Å²) >= 11 is 1.37. The first kappa shape index (κ1) is 16.7. The van der Waals surface area contributed by atoms with Crippen molar-refractivity contribution in [1.29, 1.82) is 0 Å². The zero-order chi connectivity index (χ0) is 17.3. The van der Waals surface area contributed by atoms with Crippen molar-refractivity contribution >= 4 is 28.2 Å². The molecule has 0 aliphatic carbocycles. The van der Waals surface area contributed by atoms with Gasteiger partial charge in [-0.05, 0) is 32.3 Å². The molecular weight excluding hydrogens is 324 g/mol. The lowest BCUT2D eigenvalue weighted by Crippen LogP contribution is -2.27. The van der Waals surface area contributed by atoms with Crippen LogP contribution in [0, 0.1) is 13.8 Å². The van der Waals surface area contributed by atoms with E-state index < -0.39 is 12.0 Å². The maximum atomic E-state index is 12.3. The first-order chi connectivity index (χ1) is 11.5. The summed E-state index contributed by atoms with van der Waals surface area (Å²) in [5.74, 6) is -0.760. The topological polar surface area (TPSA) is 81.4 Å². The van der Waals surface area contributed by atoms with Crippen molar-refractivity contribution in [1.82, 2.24) is 0 Å². The van der Waals surface area contributed by atoms with Crippen molar-refractivity contribution in [2.75, 3.05) is 11.9 Å². The van der Waals surface area contributed by atoms with E-state index in [2.05, 4.69) is 5.32 Å². The Labute approximate surface area is 144 Å². The monoisotopic (exact) mass is 344 g/mol. The quantitative estimate of drug-likeness (QED) is 0.893. The summed E-state index contributed by atoms with van der Waals surface area (Å²) in [4.78, 5) is 25.3. The summed E-state index contributed by atoms with van der Waals surface area (Å²) in [6.45, 7) is 4.53. The second-order valence-corrected chi connectivity index (χ2v) is 7.18. The van der Waals surface area contributed by atoms with Crippen molar-refractivity contribution in [3.8, 4) is 11.1 Å². The number of hydrogen-bond donors (Lipinski definition) is 2. The van der Waals surface area contributed by atoms with Crippen LogP contribution in [-0.2, 0) is 9.53 Å². The normalized spacial score (nSPS) is 17.0. The lowest BCUT2D eigenvalue weighted by Gasteiger charge is -2.10. The molecule has 1 fully saturated rings. The van der Waals surface area contributed by atoms with Gasteiger partial charge >= 0.3 is 0 Å². The fourth-order valence-electron chi connectivity index (χ4n) is 2.91.